The number of carbonyl (C=O) groups excluding carboxylic acids is 1. The molecular weight excluding hydrogens is 226 g/mol. The zero-order valence-corrected chi connectivity index (χ0v) is 10.1. The summed E-state index contributed by atoms with van der Waals surface area (Å²) in [4.78, 5) is 22.7. The highest BCUT2D eigenvalue weighted by atomic mass is 19.2. The van der Waals surface area contributed by atoms with E-state index in [1.54, 1.807) is 7.05 Å². The minimum Gasteiger partial charge on any atom is -0.480 e. The van der Waals surface area contributed by atoms with E-state index in [1.807, 2.05) is 6.92 Å². The van der Waals surface area contributed by atoms with Crippen LogP contribution in [-0.4, -0.2) is 48.8 Å². The molecule has 2 atom stereocenters. The number of amides is 1. The maximum absolute atomic E-state index is 12.0. The molecule has 0 saturated heterocycles. The Morgan fingerprint density at radius 2 is 1.94 bits per heavy atom. The van der Waals surface area contributed by atoms with Gasteiger partial charge in [-0.1, -0.05) is 12.8 Å². The second-order valence-corrected chi connectivity index (χ2v) is 4.08. The van der Waals surface area contributed by atoms with E-state index in [4.69, 9.17) is 13.0 Å². The molecule has 1 unspecified atom stereocenters. The molecular formula is C10H18BFN2O3. The monoisotopic (exact) mass is 244 g/mol. The van der Waals surface area contributed by atoms with E-state index in [0.29, 0.717) is 19.3 Å². The summed E-state index contributed by atoms with van der Waals surface area (Å²) in [5.41, 5.74) is 1.25. The van der Waals surface area contributed by atoms with E-state index in [1.165, 1.54) is 10.4 Å². The highest BCUT2D eigenvalue weighted by Gasteiger charge is 2.16. The van der Waals surface area contributed by atoms with Gasteiger partial charge in [0.25, 0.3) is 0 Å². The Kier molecular flexibility index (Phi) is 7.53. The molecule has 1 amide bonds. The normalized spacial score (nSPS) is 14.1. The van der Waals surface area contributed by atoms with Crippen molar-refractivity contribution in [2.45, 2.75) is 44.7 Å². The lowest BCUT2D eigenvalue weighted by Crippen LogP contribution is -2.34. The standard InChI is InChI=1S/C10H18BFN2O3/c1-7(14(2)10(11)17)5-3-4-6-8(13-12)9(15)16/h7-8,13H,3-6H2,1-2H3,(H,15,16)/t7?,8-/m0/s1. The van der Waals surface area contributed by atoms with Crippen molar-refractivity contribution >= 4 is 19.6 Å². The Balaban J connectivity index is 3.77. The summed E-state index contributed by atoms with van der Waals surface area (Å²) in [5, 5.41) is 8.57. The highest BCUT2D eigenvalue weighted by molar-refractivity contribution is 6.56. The van der Waals surface area contributed by atoms with Crippen molar-refractivity contribution in [2.24, 2.45) is 0 Å². The SMILES string of the molecule is [B]C(=O)N(C)C(C)CCCC[C@H](NF)C(=O)O. The molecule has 0 bridgehead atoms. The number of hydrogen-bond acceptors (Lipinski definition) is 3. The average molecular weight is 244 g/mol. The summed E-state index contributed by atoms with van der Waals surface area (Å²) in [6.45, 7) is 1.85. The van der Waals surface area contributed by atoms with Gasteiger partial charge < -0.3 is 10.0 Å². The Hall–Kier alpha value is -1.11. The van der Waals surface area contributed by atoms with Gasteiger partial charge in [0.15, 0.2) is 5.81 Å². The number of halogens is 1. The van der Waals surface area contributed by atoms with Crippen molar-refractivity contribution in [1.82, 2.24) is 10.4 Å². The maximum atomic E-state index is 12.0. The first-order chi connectivity index (χ1) is 7.90. The fraction of sp³-hybridized carbons (Fsp3) is 0.800. The van der Waals surface area contributed by atoms with Gasteiger partial charge in [0.1, 0.15) is 6.04 Å². The van der Waals surface area contributed by atoms with Crippen LogP contribution < -0.4 is 5.54 Å². The zero-order valence-electron chi connectivity index (χ0n) is 10.1. The van der Waals surface area contributed by atoms with E-state index in [0.717, 1.165) is 0 Å². The number of carboxylic acids is 1. The van der Waals surface area contributed by atoms with Crippen LogP contribution in [0.4, 0.5) is 9.28 Å². The van der Waals surface area contributed by atoms with Crippen molar-refractivity contribution in [1.29, 1.82) is 0 Å². The third-order valence-corrected chi connectivity index (χ3v) is 2.80. The summed E-state index contributed by atoms with van der Waals surface area (Å²) in [7, 11) is 6.71. The number of nitrogens with one attached hydrogen (secondary N) is 1. The molecule has 0 fully saturated rings. The van der Waals surface area contributed by atoms with Crippen molar-refractivity contribution in [3.05, 3.63) is 0 Å². The summed E-state index contributed by atoms with van der Waals surface area (Å²) in [6, 6.07) is -1.16. The van der Waals surface area contributed by atoms with Gasteiger partial charge in [0.05, 0.1) is 0 Å². The first-order valence-corrected chi connectivity index (χ1v) is 5.51. The van der Waals surface area contributed by atoms with Crippen molar-refractivity contribution in [3.63, 3.8) is 0 Å². The molecule has 0 aromatic heterocycles. The molecule has 0 aliphatic rings. The summed E-state index contributed by atoms with van der Waals surface area (Å²) >= 11 is 0. The Labute approximate surface area is 102 Å². The fourth-order valence-corrected chi connectivity index (χ4v) is 1.42. The van der Waals surface area contributed by atoms with E-state index in [9.17, 15) is 14.1 Å². The van der Waals surface area contributed by atoms with Crippen LogP contribution >= 0.6 is 0 Å². The van der Waals surface area contributed by atoms with Gasteiger partial charge >= 0.3 is 5.97 Å². The average Bonchev–Trinajstić information content (AvgIpc) is 2.26. The first kappa shape index (κ1) is 15.9. The van der Waals surface area contributed by atoms with Crippen LogP contribution in [0, 0.1) is 0 Å². The van der Waals surface area contributed by atoms with Gasteiger partial charge in [-0.15, -0.1) is 10.0 Å². The molecule has 0 heterocycles. The molecule has 0 spiro atoms. The lowest BCUT2D eigenvalue weighted by molar-refractivity contribution is -0.141. The molecule has 0 saturated carbocycles. The van der Waals surface area contributed by atoms with Crippen LogP contribution in [0.25, 0.3) is 0 Å². The Bertz CT molecular complexity index is 266. The van der Waals surface area contributed by atoms with Gasteiger partial charge in [-0.05, 0) is 19.8 Å². The number of aliphatic carboxylic acids is 1. The van der Waals surface area contributed by atoms with Crippen LogP contribution in [0.15, 0.2) is 0 Å². The third kappa shape index (κ3) is 6.26. The highest BCUT2D eigenvalue weighted by Crippen LogP contribution is 2.10. The van der Waals surface area contributed by atoms with Crippen LogP contribution in [0.5, 0.6) is 0 Å². The number of carbonyl (C=O) groups is 2. The topological polar surface area (TPSA) is 69.6 Å². The molecule has 2 radical (unpaired) electrons. The summed E-state index contributed by atoms with van der Waals surface area (Å²) in [6.07, 6.45) is 2.21. The van der Waals surface area contributed by atoms with Gasteiger partial charge in [0, 0.05) is 13.1 Å². The maximum Gasteiger partial charge on any atom is 0.323 e. The Morgan fingerprint density at radius 1 is 1.41 bits per heavy atom. The number of rotatable bonds is 8. The number of nitrogens with zero attached hydrogens (tertiary/aromatic N) is 1. The van der Waals surface area contributed by atoms with Crippen molar-refractivity contribution < 1.29 is 19.2 Å². The molecule has 5 nitrogen and oxygen atoms in total. The molecule has 17 heavy (non-hydrogen) atoms. The van der Waals surface area contributed by atoms with E-state index < -0.39 is 17.8 Å². The third-order valence-electron chi connectivity index (χ3n) is 2.80. The number of hydrogen-bond donors (Lipinski definition) is 2. The molecule has 2 N–H and O–H groups in total. The number of unbranched alkanes of at least 4 members (excludes halogenated alkanes) is 1. The predicted molar refractivity (Wildman–Crippen MR) is 62.5 cm³/mol. The van der Waals surface area contributed by atoms with Gasteiger partial charge in [0.2, 0.25) is 7.85 Å². The molecule has 0 aliphatic heterocycles. The van der Waals surface area contributed by atoms with Gasteiger partial charge in [-0.3, -0.25) is 9.59 Å². The largest absolute Gasteiger partial charge is 0.480 e. The molecule has 0 aromatic carbocycles. The predicted octanol–water partition coefficient (Wildman–Crippen LogP) is 1.08. The Morgan fingerprint density at radius 3 is 2.35 bits per heavy atom. The van der Waals surface area contributed by atoms with E-state index in [2.05, 4.69) is 0 Å². The minimum absolute atomic E-state index is 0.00545. The van der Waals surface area contributed by atoms with E-state index >= 15 is 0 Å². The number of carboxylic acid groups (broad SMARTS) is 1. The zero-order chi connectivity index (χ0) is 13.4. The van der Waals surface area contributed by atoms with Crippen LogP contribution in [-0.2, 0) is 4.79 Å². The first-order valence-electron chi connectivity index (χ1n) is 5.51. The van der Waals surface area contributed by atoms with Gasteiger partial charge in [-0.25, -0.2) is 0 Å². The van der Waals surface area contributed by atoms with Crippen LogP contribution in [0.2, 0.25) is 0 Å². The van der Waals surface area contributed by atoms with Crippen LogP contribution in [0.1, 0.15) is 32.6 Å². The fourth-order valence-electron chi connectivity index (χ4n) is 1.42. The lowest BCUT2D eigenvalue weighted by atomic mass is 10.0. The second-order valence-electron chi connectivity index (χ2n) is 4.08. The summed E-state index contributed by atoms with van der Waals surface area (Å²) in [5.74, 6) is -1.69. The lowest BCUT2D eigenvalue weighted by Gasteiger charge is -2.24. The summed E-state index contributed by atoms with van der Waals surface area (Å²) < 4.78 is 12.0. The molecule has 7 heteroatoms. The smallest absolute Gasteiger partial charge is 0.323 e. The van der Waals surface area contributed by atoms with Gasteiger partial charge in [-0.2, -0.15) is 0 Å². The quantitative estimate of drug-likeness (QED) is 0.381. The van der Waals surface area contributed by atoms with Crippen LogP contribution in [0.3, 0.4) is 0 Å². The van der Waals surface area contributed by atoms with E-state index in [-0.39, 0.29) is 12.5 Å². The molecule has 0 aromatic rings. The minimum atomic E-state index is -1.20. The van der Waals surface area contributed by atoms with Crippen molar-refractivity contribution in [3.8, 4) is 0 Å². The van der Waals surface area contributed by atoms with Crippen molar-refractivity contribution in [2.75, 3.05) is 7.05 Å². The molecule has 96 valence electrons. The molecule has 0 aliphatic carbocycles. The molecule has 0 rings (SSSR count). The second kappa shape index (κ2) is 8.05.